The molecule has 0 saturated carbocycles. The van der Waals surface area contributed by atoms with Crippen LogP contribution in [0.15, 0.2) is 42.5 Å². The fraction of sp³-hybridized carbons (Fsp3) is 0.520. The maximum Gasteiger partial charge on any atom is 0.142 e. The Balaban J connectivity index is 1.54. The van der Waals surface area contributed by atoms with Gasteiger partial charge in [0.15, 0.2) is 0 Å². The second-order valence-electron chi connectivity index (χ2n) is 7.76. The van der Waals surface area contributed by atoms with E-state index in [1.54, 1.807) is 18.2 Å². The van der Waals surface area contributed by atoms with Crippen molar-refractivity contribution in [2.24, 2.45) is 0 Å². The number of rotatable bonds is 15. The van der Waals surface area contributed by atoms with Crippen LogP contribution in [0.4, 0.5) is 11.4 Å². The van der Waals surface area contributed by atoms with Crippen molar-refractivity contribution >= 4 is 11.4 Å². The summed E-state index contributed by atoms with van der Waals surface area (Å²) in [5.74, 6) is 1.57. The SMILES string of the molecule is CCCCCCCCCCCCOc1ccc(COc2ccc(N)cc2N)cc1. The van der Waals surface area contributed by atoms with Gasteiger partial charge in [0.1, 0.15) is 18.1 Å². The fourth-order valence-electron chi connectivity index (χ4n) is 3.32. The molecule has 0 spiro atoms. The largest absolute Gasteiger partial charge is 0.494 e. The van der Waals surface area contributed by atoms with Crippen LogP contribution < -0.4 is 20.9 Å². The van der Waals surface area contributed by atoms with Crippen LogP contribution in [0, 0.1) is 0 Å². The number of hydrogen-bond acceptors (Lipinski definition) is 4. The van der Waals surface area contributed by atoms with E-state index in [0.717, 1.165) is 24.3 Å². The third-order valence-corrected chi connectivity index (χ3v) is 5.12. The molecule has 2 rings (SSSR count). The summed E-state index contributed by atoms with van der Waals surface area (Å²) in [5, 5.41) is 0. The van der Waals surface area contributed by atoms with Crippen LogP contribution in [0.25, 0.3) is 0 Å². The Kier molecular flexibility index (Phi) is 10.9. The van der Waals surface area contributed by atoms with Gasteiger partial charge >= 0.3 is 0 Å². The van der Waals surface area contributed by atoms with Gasteiger partial charge in [-0.1, -0.05) is 76.8 Å². The average Bonchev–Trinajstić information content (AvgIpc) is 2.72. The van der Waals surface area contributed by atoms with E-state index in [-0.39, 0.29) is 0 Å². The third kappa shape index (κ3) is 9.60. The quantitative estimate of drug-likeness (QED) is 0.258. The molecule has 0 atom stereocenters. The molecule has 29 heavy (non-hydrogen) atoms. The Labute approximate surface area is 176 Å². The van der Waals surface area contributed by atoms with E-state index in [1.165, 1.54) is 57.8 Å². The monoisotopic (exact) mass is 398 g/mol. The van der Waals surface area contributed by atoms with Crippen molar-refractivity contribution in [3.63, 3.8) is 0 Å². The molecule has 2 aromatic rings. The van der Waals surface area contributed by atoms with Crippen molar-refractivity contribution in [2.45, 2.75) is 77.7 Å². The first kappa shape index (κ1) is 22.9. The smallest absolute Gasteiger partial charge is 0.142 e. The predicted octanol–water partition coefficient (Wildman–Crippen LogP) is 6.73. The maximum atomic E-state index is 5.92. The number of nitrogens with two attached hydrogens (primary N) is 2. The molecule has 160 valence electrons. The minimum Gasteiger partial charge on any atom is -0.494 e. The van der Waals surface area contributed by atoms with Gasteiger partial charge in [-0.05, 0) is 42.3 Å². The van der Waals surface area contributed by atoms with Crippen LogP contribution in [0.1, 0.15) is 76.7 Å². The zero-order valence-corrected chi connectivity index (χ0v) is 18.0. The summed E-state index contributed by atoms with van der Waals surface area (Å²) >= 11 is 0. The lowest BCUT2D eigenvalue weighted by atomic mass is 10.1. The average molecular weight is 399 g/mol. The number of anilines is 2. The van der Waals surface area contributed by atoms with Crippen LogP contribution in [-0.2, 0) is 6.61 Å². The molecule has 0 aromatic heterocycles. The molecule has 0 radical (unpaired) electrons. The number of unbranched alkanes of at least 4 members (excludes halogenated alkanes) is 9. The second-order valence-corrected chi connectivity index (χ2v) is 7.76. The zero-order valence-electron chi connectivity index (χ0n) is 18.0. The summed E-state index contributed by atoms with van der Waals surface area (Å²) in [5.41, 5.74) is 13.9. The lowest BCUT2D eigenvalue weighted by Crippen LogP contribution is -2.00. The van der Waals surface area contributed by atoms with Crippen molar-refractivity contribution < 1.29 is 9.47 Å². The first-order valence-corrected chi connectivity index (χ1v) is 11.2. The van der Waals surface area contributed by atoms with Crippen LogP contribution in [-0.4, -0.2) is 6.61 Å². The van der Waals surface area contributed by atoms with E-state index >= 15 is 0 Å². The highest BCUT2D eigenvalue weighted by Gasteiger charge is 2.02. The van der Waals surface area contributed by atoms with Gasteiger partial charge in [0.05, 0.1) is 12.3 Å². The zero-order chi connectivity index (χ0) is 20.7. The number of nitrogen functional groups attached to an aromatic ring is 2. The Bertz CT molecular complexity index is 686. The standard InChI is InChI=1S/C25H38N2O2/c1-2-3-4-5-6-7-8-9-10-11-18-28-23-15-12-21(13-16-23)20-29-25-17-14-22(26)19-24(25)27/h12-17,19H,2-11,18,20,26-27H2,1H3. The van der Waals surface area contributed by atoms with Crippen molar-refractivity contribution in [2.75, 3.05) is 18.1 Å². The number of hydrogen-bond donors (Lipinski definition) is 2. The first-order chi connectivity index (χ1) is 14.2. The fourth-order valence-corrected chi connectivity index (χ4v) is 3.32. The molecule has 0 aliphatic heterocycles. The Morgan fingerprint density at radius 1 is 0.690 bits per heavy atom. The van der Waals surface area contributed by atoms with E-state index in [9.17, 15) is 0 Å². The van der Waals surface area contributed by atoms with Gasteiger partial charge in [0.25, 0.3) is 0 Å². The maximum absolute atomic E-state index is 5.92. The summed E-state index contributed by atoms with van der Waals surface area (Å²) in [7, 11) is 0. The Morgan fingerprint density at radius 3 is 1.93 bits per heavy atom. The lowest BCUT2D eigenvalue weighted by molar-refractivity contribution is 0.300. The van der Waals surface area contributed by atoms with Gasteiger partial charge in [-0.2, -0.15) is 0 Å². The van der Waals surface area contributed by atoms with E-state index in [4.69, 9.17) is 20.9 Å². The van der Waals surface area contributed by atoms with Crippen molar-refractivity contribution in [3.8, 4) is 11.5 Å². The van der Waals surface area contributed by atoms with Gasteiger partial charge in [-0.25, -0.2) is 0 Å². The van der Waals surface area contributed by atoms with Gasteiger partial charge in [0, 0.05) is 5.69 Å². The van der Waals surface area contributed by atoms with Crippen LogP contribution in [0.3, 0.4) is 0 Å². The van der Waals surface area contributed by atoms with Crippen LogP contribution in [0.2, 0.25) is 0 Å². The molecule has 0 amide bonds. The highest BCUT2D eigenvalue weighted by atomic mass is 16.5. The van der Waals surface area contributed by atoms with E-state index in [2.05, 4.69) is 6.92 Å². The summed E-state index contributed by atoms with van der Waals surface area (Å²) in [6.45, 7) is 3.52. The van der Waals surface area contributed by atoms with Crippen molar-refractivity contribution in [1.82, 2.24) is 0 Å². The topological polar surface area (TPSA) is 70.5 Å². The molecule has 0 saturated heterocycles. The highest BCUT2D eigenvalue weighted by Crippen LogP contribution is 2.24. The molecule has 0 aliphatic rings. The molecule has 4 heteroatoms. The van der Waals surface area contributed by atoms with Crippen LogP contribution >= 0.6 is 0 Å². The minimum atomic E-state index is 0.465. The predicted molar refractivity (Wildman–Crippen MR) is 123 cm³/mol. The number of benzene rings is 2. The normalized spacial score (nSPS) is 10.8. The van der Waals surface area contributed by atoms with Crippen molar-refractivity contribution in [1.29, 1.82) is 0 Å². The van der Waals surface area contributed by atoms with Crippen molar-refractivity contribution in [3.05, 3.63) is 48.0 Å². The summed E-state index contributed by atoms with van der Waals surface area (Å²) in [6, 6.07) is 13.4. The summed E-state index contributed by atoms with van der Waals surface area (Å²) < 4.78 is 11.6. The molecule has 0 fully saturated rings. The molecular weight excluding hydrogens is 360 g/mol. The van der Waals surface area contributed by atoms with Crippen LogP contribution in [0.5, 0.6) is 11.5 Å². The molecule has 4 nitrogen and oxygen atoms in total. The molecule has 0 bridgehead atoms. The minimum absolute atomic E-state index is 0.465. The molecular formula is C25H38N2O2. The Morgan fingerprint density at radius 2 is 1.31 bits per heavy atom. The molecule has 2 aromatic carbocycles. The molecule has 0 unspecified atom stereocenters. The molecule has 4 N–H and O–H groups in total. The third-order valence-electron chi connectivity index (χ3n) is 5.12. The molecule has 0 aliphatic carbocycles. The molecule has 0 heterocycles. The highest BCUT2D eigenvalue weighted by molar-refractivity contribution is 5.60. The number of ether oxygens (including phenoxy) is 2. The van der Waals surface area contributed by atoms with Gasteiger partial charge in [-0.3, -0.25) is 0 Å². The summed E-state index contributed by atoms with van der Waals surface area (Å²) in [6.07, 6.45) is 13.4. The summed E-state index contributed by atoms with van der Waals surface area (Å²) in [4.78, 5) is 0. The van der Waals surface area contributed by atoms with E-state index in [0.29, 0.717) is 23.7 Å². The Hall–Kier alpha value is -2.36. The lowest BCUT2D eigenvalue weighted by Gasteiger charge is -2.10. The van der Waals surface area contributed by atoms with E-state index in [1.807, 2.05) is 24.3 Å². The van der Waals surface area contributed by atoms with E-state index < -0.39 is 0 Å². The second kappa shape index (κ2) is 13.8. The van der Waals surface area contributed by atoms with Gasteiger partial charge in [-0.15, -0.1) is 0 Å². The van der Waals surface area contributed by atoms with Gasteiger partial charge in [0.2, 0.25) is 0 Å². The first-order valence-electron chi connectivity index (χ1n) is 11.2. The van der Waals surface area contributed by atoms with Gasteiger partial charge < -0.3 is 20.9 Å².